The van der Waals surface area contributed by atoms with Crippen molar-refractivity contribution in [1.82, 2.24) is 24.6 Å². The van der Waals surface area contributed by atoms with Crippen molar-refractivity contribution < 1.29 is 26.7 Å². The third-order valence-electron chi connectivity index (χ3n) is 6.14. The maximum atomic E-state index is 13.4. The molecule has 1 aliphatic carbocycles. The molecular weight excluding hydrogens is 449 g/mol. The van der Waals surface area contributed by atoms with Crippen LogP contribution < -0.4 is 15.0 Å². The zero-order chi connectivity index (χ0) is 23.4. The van der Waals surface area contributed by atoms with E-state index < -0.39 is 18.0 Å². The minimum atomic E-state index is -5.85. The van der Waals surface area contributed by atoms with Crippen molar-refractivity contribution in [3.8, 4) is 5.75 Å². The molecule has 1 N–H and O–H groups in total. The standard InChI is InChI=1S/C20H20F5N7O/c1-11-7-15(27-10-26-11)31-8-12-4-5-13(9-31)16(12)28-18-29-17-14(3-2-6-32(17)30-18)33-20(24,25)19(21,22)23/h2-3,6-7,10,12-13,16H,4-5,8-9H2,1H3,(H,28,30)/t12-,13?,16-/m0/s1. The predicted octanol–water partition coefficient (Wildman–Crippen LogP) is 3.69. The lowest BCUT2D eigenvalue weighted by Crippen LogP contribution is -2.48. The van der Waals surface area contributed by atoms with Crippen LogP contribution in [0.1, 0.15) is 18.5 Å². The van der Waals surface area contributed by atoms with Gasteiger partial charge in [0.15, 0.2) is 11.4 Å². The summed E-state index contributed by atoms with van der Waals surface area (Å²) in [5.41, 5.74) is 0.654. The molecule has 5 rings (SSSR count). The maximum absolute atomic E-state index is 13.4. The zero-order valence-electron chi connectivity index (χ0n) is 17.4. The van der Waals surface area contributed by atoms with E-state index in [9.17, 15) is 22.0 Å². The molecule has 0 spiro atoms. The normalized spacial score (nSPS) is 23.2. The first kappa shape index (κ1) is 21.6. The summed E-state index contributed by atoms with van der Waals surface area (Å²) < 4.78 is 69.6. The van der Waals surface area contributed by atoms with Crippen molar-refractivity contribution in [2.75, 3.05) is 23.3 Å². The Balaban J connectivity index is 1.34. The third-order valence-corrected chi connectivity index (χ3v) is 6.14. The zero-order valence-corrected chi connectivity index (χ0v) is 17.4. The van der Waals surface area contributed by atoms with Gasteiger partial charge in [-0.3, -0.25) is 0 Å². The highest BCUT2D eigenvalue weighted by Crippen LogP contribution is 2.40. The molecule has 2 aliphatic rings. The van der Waals surface area contributed by atoms with E-state index in [4.69, 9.17) is 0 Å². The molecule has 0 aromatic carbocycles. The Labute approximate surface area is 184 Å². The Kier molecular flexibility index (Phi) is 5.01. The molecular formula is C20H20F5N7O. The molecule has 0 amide bonds. The average Bonchev–Trinajstić information content (AvgIpc) is 3.24. The number of piperidine rings is 1. The lowest BCUT2D eigenvalue weighted by atomic mass is 9.92. The van der Waals surface area contributed by atoms with E-state index in [1.165, 1.54) is 12.3 Å². The Hall–Kier alpha value is -3.25. The second-order valence-electron chi connectivity index (χ2n) is 8.38. The molecule has 3 aromatic rings. The molecule has 1 saturated carbocycles. The number of pyridine rings is 1. The number of nitrogens with zero attached hydrogens (tertiary/aromatic N) is 6. The van der Waals surface area contributed by atoms with Crippen molar-refractivity contribution in [3.63, 3.8) is 0 Å². The summed E-state index contributed by atoms with van der Waals surface area (Å²) in [5.74, 6) is 0.856. The number of halogens is 5. The summed E-state index contributed by atoms with van der Waals surface area (Å²) in [7, 11) is 0. The van der Waals surface area contributed by atoms with Crippen LogP contribution in [0.4, 0.5) is 33.7 Å². The highest BCUT2D eigenvalue weighted by molar-refractivity contribution is 5.56. The van der Waals surface area contributed by atoms with Gasteiger partial charge in [0.2, 0.25) is 5.95 Å². The Morgan fingerprint density at radius 2 is 1.82 bits per heavy atom. The van der Waals surface area contributed by atoms with Gasteiger partial charge in [0.05, 0.1) is 0 Å². The fourth-order valence-corrected chi connectivity index (χ4v) is 4.63. The van der Waals surface area contributed by atoms with E-state index in [1.54, 1.807) is 6.33 Å². The van der Waals surface area contributed by atoms with Gasteiger partial charge in [-0.25, -0.2) is 14.5 Å². The monoisotopic (exact) mass is 469 g/mol. The predicted molar refractivity (Wildman–Crippen MR) is 107 cm³/mol. The quantitative estimate of drug-likeness (QED) is 0.571. The topological polar surface area (TPSA) is 80.5 Å². The van der Waals surface area contributed by atoms with Crippen LogP contribution in [-0.2, 0) is 0 Å². The van der Waals surface area contributed by atoms with Crippen molar-refractivity contribution in [3.05, 3.63) is 36.4 Å². The van der Waals surface area contributed by atoms with Gasteiger partial charge in [-0.05, 0) is 43.7 Å². The average molecular weight is 469 g/mol. The Morgan fingerprint density at radius 1 is 1.09 bits per heavy atom. The number of nitrogens with one attached hydrogen (secondary N) is 1. The lowest BCUT2D eigenvalue weighted by Gasteiger charge is -2.38. The highest BCUT2D eigenvalue weighted by atomic mass is 19.4. The minimum absolute atomic E-state index is 0.0441. The number of ether oxygens (including phenoxy) is 1. The largest absolute Gasteiger partial charge is 0.499 e. The number of rotatable bonds is 5. The molecule has 8 nitrogen and oxygen atoms in total. The van der Waals surface area contributed by atoms with Crippen LogP contribution in [0, 0.1) is 18.8 Å². The molecule has 33 heavy (non-hydrogen) atoms. The third kappa shape index (κ3) is 4.00. The number of fused-ring (bicyclic) bond motifs is 3. The SMILES string of the molecule is Cc1cc(N2CC3CC[C@@H](C2)[C@@H]3Nc2nc3c(OC(F)(F)C(F)(F)F)cccn3n2)ncn1. The first-order chi connectivity index (χ1) is 15.6. The first-order valence-electron chi connectivity index (χ1n) is 10.4. The van der Waals surface area contributed by atoms with Crippen LogP contribution in [0.5, 0.6) is 5.75 Å². The summed E-state index contributed by atoms with van der Waals surface area (Å²) in [6.07, 6.45) is -6.28. The summed E-state index contributed by atoms with van der Waals surface area (Å²) >= 11 is 0. The van der Waals surface area contributed by atoms with Crippen molar-refractivity contribution in [2.45, 2.75) is 38.1 Å². The molecule has 1 saturated heterocycles. The van der Waals surface area contributed by atoms with E-state index in [2.05, 4.69) is 35.0 Å². The van der Waals surface area contributed by atoms with Crippen molar-refractivity contribution in [1.29, 1.82) is 0 Å². The smallest absolute Gasteiger partial charge is 0.422 e. The van der Waals surface area contributed by atoms with Crippen LogP contribution in [-0.4, -0.2) is 56.0 Å². The molecule has 0 radical (unpaired) electrons. The van der Waals surface area contributed by atoms with Gasteiger partial charge in [-0.15, -0.1) is 5.10 Å². The minimum Gasteiger partial charge on any atom is -0.422 e. The molecule has 2 bridgehead atoms. The van der Waals surface area contributed by atoms with Gasteiger partial charge in [-0.2, -0.15) is 26.9 Å². The molecule has 4 heterocycles. The highest BCUT2D eigenvalue weighted by Gasteiger charge is 2.61. The number of aromatic nitrogens is 5. The van der Waals surface area contributed by atoms with Crippen molar-refractivity contribution >= 4 is 17.4 Å². The summed E-state index contributed by atoms with van der Waals surface area (Å²) in [4.78, 5) is 14.9. The number of alkyl halides is 5. The van der Waals surface area contributed by atoms with Gasteiger partial charge in [-0.1, -0.05) is 0 Å². The summed E-state index contributed by atoms with van der Waals surface area (Å²) in [6.45, 7) is 3.44. The van der Waals surface area contributed by atoms with Gasteiger partial charge in [0, 0.05) is 37.1 Å². The lowest BCUT2D eigenvalue weighted by molar-refractivity contribution is -0.360. The number of hydrogen-bond donors (Lipinski definition) is 1. The Bertz CT molecular complexity index is 1150. The Morgan fingerprint density at radius 3 is 2.48 bits per heavy atom. The van der Waals surface area contributed by atoms with Crippen LogP contribution >= 0.6 is 0 Å². The molecule has 3 atom stereocenters. The fraction of sp³-hybridized carbons (Fsp3) is 0.500. The summed E-state index contributed by atoms with van der Waals surface area (Å²) in [6, 6.07) is 4.25. The fourth-order valence-electron chi connectivity index (χ4n) is 4.63. The van der Waals surface area contributed by atoms with Crippen LogP contribution in [0.2, 0.25) is 0 Å². The molecule has 13 heteroatoms. The van der Waals surface area contributed by atoms with Gasteiger partial charge in [0.1, 0.15) is 12.1 Å². The van der Waals surface area contributed by atoms with Gasteiger partial charge in [0.25, 0.3) is 0 Å². The van der Waals surface area contributed by atoms with E-state index in [-0.39, 0.29) is 29.5 Å². The van der Waals surface area contributed by atoms with Gasteiger partial charge >= 0.3 is 12.3 Å². The second-order valence-corrected chi connectivity index (χ2v) is 8.38. The number of aryl methyl sites for hydroxylation is 1. The van der Waals surface area contributed by atoms with E-state index in [0.29, 0.717) is 0 Å². The molecule has 2 fully saturated rings. The van der Waals surface area contributed by atoms with Crippen LogP contribution in [0.25, 0.3) is 5.65 Å². The van der Waals surface area contributed by atoms with E-state index in [1.807, 2.05) is 13.0 Å². The molecule has 3 aromatic heterocycles. The number of anilines is 2. The van der Waals surface area contributed by atoms with Gasteiger partial charge < -0.3 is 15.0 Å². The van der Waals surface area contributed by atoms with E-state index >= 15 is 0 Å². The second kappa shape index (κ2) is 7.66. The molecule has 1 unspecified atom stereocenters. The van der Waals surface area contributed by atoms with Crippen LogP contribution in [0.3, 0.4) is 0 Å². The molecule has 1 aliphatic heterocycles. The maximum Gasteiger partial charge on any atom is 0.499 e. The van der Waals surface area contributed by atoms with Crippen LogP contribution in [0.15, 0.2) is 30.7 Å². The van der Waals surface area contributed by atoms with E-state index in [0.717, 1.165) is 48.0 Å². The number of hydrogen-bond acceptors (Lipinski definition) is 7. The summed E-state index contributed by atoms with van der Waals surface area (Å²) in [5, 5.41) is 7.47. The molecule has 176 valence electrons. The van der Waals surface area contributed by atoms with Crippen molar-refractivity contribution in [2.24, 2.45) is 11.8 Å². The first-order valence-corrected chi connectivity index (χ1v) is 10.4.